The number of likely N-dealkylation sites (tertiary alicyclic amines) is 1. The molecule has 2 unspecified atom stereocenters. The van der Waals surface area contributed by atoms with Gasteiger partial charge in [-0.3, -0.25) is 19.3 Å². The average molecular weight is 480 g/mol. The Bertz CT molecular complexity index is 1270. The van der Waals surface area contributed by atoms with Gasteiger partial charge in [0.1, 0.15) is 5.75 Å². The number of esters is 1. The minimum Gasteiger partial charge on any atom is -0.426 e. The molecule has 0 spiro atoms. The first-order valence-corrected chi connectivity index (χ1v) is 12.6. The Kier molecular flexibility index (Phi) is 5.15. The van der Waals surface area contributed by atoms with Crippen LogP contribution in [0.2, 0.25) is 0 Å². The molecule has 4 aliphatic rings. The number of carbonyl (C=O) groups excluding carboxylic acids is 3. The van der Waals surface area contributed by atoms with Crippen LogP contribution >= 0.6 is 0 Å². The zero-order chi connectivity index (χ0) is 25.2. The second kappa shape index (κ2) is 8.16. The first-order valence-electron chi connectivity index (χ1n) is 12.6. The Morgan fingerprint density at radius 3 is 1.61 bits per heavy atom. The third kappa shape index (κ3) is 3.41. The molecular weight excluding hydrogens is 450 g/mol. The van der Waals surface area contributed by atoms with E-state index in [4.69, 9.17) is 4.74 Å². The molecule has 5 heteroatoms. The number of carbonyl (C=O) groups is 3. The Hall–Kier alpha value is -3.73. The zero-order valence-corrected chi connectivity index (χ0v) is 20.7. The second-order valence-electron chi connectivity index (χ2n) is 11.1. The summed E-state index contributed by atoms with van der Waals surface area (Å²) in [7, 11) is 0. The molecule has 2 atom stereocenters. The van der Waals surface area contributed by atoms with Crippen LogP contribution in [0.15, 0.2) is 72.8 Å². The fourth-order valence-electron chi connectivity index (χ4n) is 6.37. The molecule has 2 amide bonds. The lowest BCUT2D eigenvalue weighted by Gasteiger charge is -2.45. The van der Waals surface area contributed by atoms with Crippen LogP contribution in [0.3, 0.4) is 0 Å². The minimum absolute atomic E-state index is 0.00846. The molecule has 36 heavy (non-hydrogen) atoms. The summed E-state index contributed by atoms with van der Waals surface area (Å²) in [5.41, 5.74) is 5.73. The number of ether oxygens (including phenoxy) is 1. The summed E-state index contributed by atoms with van der Waals surface area (Å²) in [5.74, 6) is -1.46. The normalized spacial score (nSPS) is 23.8. The van der Waals surface area contributed by atoms with Crippen LogP contribution in [-0.4, -0.2) is 29.2 Å². The Morgan fingerprint density at radius 1 is 0.750 bits per heavy atom. The fourth-order valence-corrected chi connectivity index (χ4v) is 6.37. The van der Waals surface area contributed by atoms with Crippen LogP contribution < -0.4 is 4.74 Å². The van der Waals surface area contributed by atoms with Crippen molar-refractivity contribution >= 4 is 17.8 Å². The molecule has 5 nitrogen and oxygen atoms in total. The van der Waals surface area contributed by atoms with Crippen molar-refractivity contribution in [2.45, 2.75) is 44.4 Å². The van der Waals surface area contributed by atoms with Gasteiger partial charge in [0.2, 0.25) is 11.8 Å². The van der Waals surface area contributed by atoms with Gasteiger partial charge in [0, 0.05) is 18.4 Å². The van der Waals surface area contributed by atoms with Crippen molar-refractivity contribution in [2.75, 3.05) is 6.54 Å². The van der Waals surface area contributed by atoms with Gasteiger partial charge in [-0.1, -0.05) is 81.4 Å². The smallest absolute Gasteiger partial charge is 0.312 e. The maximum atomic E-state index is 13.6. The first kappa shape index (κ1) is 22.7. The lowest BCUT2D eigenvalue weighted by Crippen LogP contribution is -2.41. The SMILES string of the molecule is CC(C)(C)c1ccc(OC(=O)CCN2C(=O)C3C4c5ccccc5C(c5ccccc54)C3C2=O)cc1. The number of hydrogen-bond acceptors (Lipinski definition) is 4. The van der Waals surface area contributed by atoms with E-state index in [-0.39, 0.29) is 42.0 Å². The summed E-state index contributed by atoms with van der Waals surface area (Å²) in [5, 5.41) is 0. The summed E-state index contributed by atoms with van der Waals surface area (Å²) >= 11 is 0. The fraction of sp³-hybridized carbons (Fsp3) is 0.323. The molecule has 0 N–H and O–H groups in total. The molecule has 3 aromatic rings. The maximum Gasteiger partial charge on any atom is 0.312 e. The average Bonchev–Trinajstić information content (AvgIpc) is 3.12. The van der Waals surface area contributed by atoms with Gasteiger partial charge < -0.3 is 4.74 Å². The van der Waals surface area contributed by atoms with Crippen molar-refractivity contribution in [1.82, 2.24) is 4.90 Å². The van der Waals surface area contributed by atoms with Crippen LogP contribution in [0.1, 0.15) is 66.8 Å². The summed E-state index contributed by atoms with van der Waals surface area (Å²) in [6.07, 6.45) is -0.0346. The van der Waals surface area contributed by atoms with E-state index >= 15 is 0 Å². The van der Waals surface area contributed by atoms with Crippen LogP contribution in [0, 0.1) is 11.8 Å². The quantitative estimate of drug-likeness (QED) is 0.294. The van der Waals surface area contributed by atoms with Crippen LogP contribution in [-0.2, 0) is 19.8 Å². The van der Waals surface area contributed by atoms with Gasteiger partial charge in [0.15, 0.2) is 0 Å². The largest absolute Gasteiger partial charge is 0.426 e. The molecule has 0 radical (unpaired) electrons. The maximum absolute atomic E-state index is 13.6. The third-order valence-corrected chi connectivity index (χ3v) is 8.03. The van der Waals surface area contributed by atoms with Crippen LogP contribution in [0.4, 0.5) is 0 Å². The number of amides is 2. The van der Waals surface area contributed by atoms with E-state index in [9.17, 15) is 14.4 Å². The van der Waals surface area contributed by atoms with E-state index in [1.807, 2.05) is 36.4 Å². The molecule has 1 aliphatic heterocycles. The second-order valence-corrected chi connectivity index (χ2v) is 11.1. The van der Waals surface area contributed by atoms with Gasteiger partial charge >= 0.3 is 5.97 Å². The number of hydrogen-bond donors (Lipinski definition) is 0. The standard InChI is InChI=1S/C31H29NO4/c1-31(2,3)18-12-14-19(15-13-18)36-24(33)16-17-32-29(34)27-25-20-8-4-5-9-21(20)26(28(27)30(32)35)23-11-7-6-10-22(23)25/h4-15,25-28H,16-17H2,1-3H3. The highest BCUT2D eigenvalue weighted by molar-refractivity contribution is 6.07. The molecule has 2 bridgehead atoms. The summed E-state index contributed by atoms with van der Waals surface area (Å²) in [4.78, 5) is 41.1. The molecule has 3 aliphatic carbocycles. The van der Waals surface area contributed by atoms with Gasteiger partial charge in [-0.2, -0.15) is 0 Å². The van der Waals surface area contributed by atoms with Crippen molar-refractivity contribution in [2.24, 2.45) is 11.8 Å². The Morgan fingerprint density at radius 2 is 1.19 bits per heavy atom. The number of rotatable bonds is 4. The van der Waals surface area contributed by atoms with E-state index in [2.05, 4.69) is 45.0 Å². The molecule has 0 aromatic heterocycles. The van der Waals surface area contributed by atoms with E-state index in [0.717, 1.165) is 27.8 Å². The molecule has 0 saturated carbocycles. The Balaban J connectivity index is 1.21. The predicted octanol–water partition coefficient (Wildman–Crippen LogP) is 5.17. The number of imide groups is 1. The first-order chi connectivity index (χ1) is 17.3. The lowest BCUT2D eigenvalue weighted by molar-refractivity contribution is -0.141. The highest BCUT2D eigenvalue weighted by atomic mass is 16.5. The van der Waals surface area contributed by atoms with E-state index < -0.39 is 17.8 Å². The summed E-state index contributed by atoms with van der Waals surface area (Å²) in [6, 6.07) is 23.8. The van der Waals surface area contributed by atoms with Crippen molar-refractivity contribution in [3.05, 3.63) is 101 Å². The minimum atomic E-state index is -0.455. The monoisotopic (exact) mass is 479 g/mol. The molecule has 182 valence electrons. The van der Waals surface area contributed by atoms with Crippen molar-refractivity contribution in [3.63, 3.8) is 0 Å². The molecule has 7 rings (SSSR count). The van der Waals surface area contributed by atoms with Crippen molar-refractivity contribution < 1.29 is 19.1 Å². The third-order valence-electron chi connectivity index (χ3n) is 8.03. The van der Waals surface area contributed by atoms with Gasteiger partial charge in [0.25, 0.3) is 0 Å². The Labute approximate surface area is 211 Å². The molecule has 1 heterocycles. The zero-order valence-electron chi connectivity index (χ0n) is 20.7. The highest BCUT2D eigenvalue weighted by Gasteiger charge is 2.61. The topological polar surface area (TPSA) is 63.7 Å². The van der Waals surface area contributed by atoms with Crippen LogP contribution in [0.25, 0.3) is 0 Å². The van der Waals surface area contributed by atoms with Crippen molar-refractivity contribution in [1.29, 1.82) is 0 Å². The predicted molar refractivity (Wildman–Crippen MR) is 136 cm³/mol. The van der Waals surface area contributed by atoms with E-state index in [1.165, 1.54) is 4.90 Å². The molecule has 1 fully saturated rings. The number of nitrogens with zero attached hydrogens (tertiary/aromatic N) is 1. The molecular formula is C31H29NO4. The van der Waals surface area contributed by atoms with E-state index in [1.54, 1.807) is 12.1 Å². The van der Waals surface area contributed by atoms with E-state index in [0.29, 0.717) is 5.75 Å². The van der Waals surface area contributed by atoms with Gasteiger partial charge in [-0.05, 0) is 45.4 Å². The number of benzene rings is 3. The van der Waals surface area contributed by atoms with Gasteiger partial charge in [-0.25, -0.2) is 0 Å². The molecule has 3 aromatic carbocycles. The highest BCUT2D eigenvalue weighted by Crippen LogP contribution is 2.60. The van der Waals surface area contributed by atoms with Gasteiger partial charge in [0.05, 0.1) is 18.3 Å². The van der Waals surface area contributed by atoms with Crippen molar-refractivity contribution in [3.8, 4) is 5.75 Å². The lowest BCUT2D eigenvalue weighted by atomic mass is 9.55. The summed E-state index contributed by atoms with van der Waals surface area (Å²) < 4.78 is 5.50. The van der Waals surface area contributed by atoms with Crippen LogP contribution in [0.5, 0.6) is 5.75 Å². The summed E-state index contributed by atoms with van der Waals surface area (Å²) in [6.45, 7) is 6.41. The molecule has 1 saturated heterocycles. The van der Waals surface area contributed by atoms with Gasteiger partial charge in [-0.15, -0.1) is 0 Å².